The second-order valence-electron chi connectivity index (χ2n) is 4.10. The number of ether oxygens (including phenoxy) is 1. The van der Waals surface area contributed by atoms with Crippen molar-refractivity contribution in [1.82, 2.24) is 0 Å². The standard InChI is InChI=1S/C12H18N2O/c1-9(8-15-2)14-7-6-10-4-3-5-11(13)12(10)14/h3-5,9H,6-8,13H2,1-2H3. The van der Waals surface area contributed by atoms with Crippen LogP contribution >= 0.6 is 0 Å². The molecule has 15 heavy (non-hydrogen) atoms. The molecule has 1 heterocycles. The summed E-state index contributed by atoms with van der Waals surface area (Å²) in [5.74, 6) is 0. The Bertz CT molecular complexity index is 351. The van der Waals surface area contributed by atoms with E-state index in [1.54, 1.807) is 7.11 Å². The van der Waals surface area contributed by atoms with E-state index in [1.807, 2.05) is 12.1 Å². The Balaban J connectivity index is 2.27. The summed E-state index contributed by atoms with van der Waals surface area (Å²) in [5.41, 5.74) is 9.47. The van der Waals surface area contributed by atoms with Gasteiger partial charge < -0.3 is 15.4 Å². The first kappa shape index (κ1) is 10.3. The minimum atomic E-state index is 0.390. The predicted molar refractivity (Wildman–Crippen MR) is 63.2 cm³/mol. The third-order valence-electron chi connectivity index (χ3n) is 3.00. The number of nitrogens with zero attached hydrogens (tertiary/aromatic N) is 1. The van der Waals surface area contributed by atoms with Crippen LogP contribution in [0.3, 0.4) is 0 Å². The molecule has 1 aromatic carbocycles. The van der Waals surface area contributed by atoms with Crippen molar-refractivity contribution in [3.05, 3.63) is 23.8 Å². The van der Waals surface area contributed by atoms with Crippen molar-refractivity contribution in [3.8, 4) is 0 Å². The summed E-state index contributed by atoms with van der Waals surface area (Å²) >= 11 is 0. The van der Waals surface area contributed by atoms with E-state index in [0.29, 0.717) is 6.04 Å². The van der Waals surface area contributed by atoms with Gasteiger partial charge in [-0.15, -0.1) is 0 Å². The fourth-order valence-electron chi connectivity index (χ4n) is 2.29. The third-order valence-corrected chi connectivity index (χ3v) is 3.00. The van der Waals surface area contributed by atoms with E-state index in [2.05, 4.69) is 17.9 Å². The minimum absolute atomic E-state index is 0.390. The molecule has 0 aromatic heterocycles. The summed E-state index contributed by atoms with van der Waals surface area (Å²) in [6, 6.07) is 6.54. The van der Waals surface area contributed by atoms with Gasteiger partial charge in [0.2, 0.25) is 0 Å². The topological polar surface area (TPSA) is 38.5 Å². The lowest BCUT2D eigenvalue weighted by molar-refractivity contribution is 0.182. The fraction of sp³-hybridized carbons (Fsp3) is 0.500. The SMILES string of the molecule is COCC(C)N1CCc2cccc(N)c21. The van der Waals surface area contributed by atoms with Crippen LogP contribution in [-0.4, -0.2) is 26.3 Å². The summed E-state index contributed by atoms with van der Waals surface area (Å²) in [6.07, 6.45) is 1.09. The van der Waals surface area contributed by atoms with Crippen LogP contribution in [0.4, 0.5) is 11.4 Å². The minimum Gasteiger partial charge on any atom is -0.397 e. The highest BCUT2D eigenvalue weighted by Gasteiger charge is 2.24. The normalized spacial score (nSPS) is 16.5. The lowest BCUT2D eigenvalue weighted by Crippen LogP contribution is -2.35. The number of hydrogen-bond donors (Lipinski definition) is 1. The van der Waals surface area contributed by atoms with Crippen molar-refractivity contribution >= 4 is 11.4 Å². The van der Waals surface area contributed by atoms with Gasteiger partial charge in [-0.1, -0.05) is 12.1 Å². The second-order valence-corrected chi connectivity index (χ2v) is 4.10. The van der Waals surface area contributed by atoms with Gasteiger partial charge in [-0.3, -0.25) is 0 Å². The Morgan fingerprint density at radius 3 is 3.07 bits per heavy atom. The number of para-hydroxylation sites is 1. The van der Waals surface area contributed by atoms with E-state index in [0.717, 1.165) is 25.3 Å². The van der Waals surface area contributed by atoms with Gasteiger partial charge in [0.25, 0.3) is 0 Å². The van der Waals surface area contributed by atoms with Crippen molar-refractivity contribution < 1.29 is 4.74 Å². The van der Waals surface area contributed by atoms with E-state index in [4.69, 9.17) is 10.5 Å². The van der Waals surface area contributed by atoms with Crippen LogP contribution in [0.1, 0.15) is 12.5 Å². The molecular weight excluding hydrogens is 188 g/mol. The average Bonchev–Trinajstić information content (AvgIpc) is 2.63. The Morgan fingerprint density at radius 1 is 1.53 bits per heavy atom. The van der Waals surface area contributed by atoms with Crippen LogP contribution in [0.25, 0.3) is 0 Å². The van der Waals surface area contributed by atoms with Gasteiger partial charge in [-0.25, -0.2) is 0 Å². The highest BCUT2D eigenvalue weighted by atomic mass is 16.5. The maximum absolute atomic E-state index is 6.01. The summed E-state index contributed by atoms with van der Waals surface area (Å²) in [7, 11) is 1.74. The van der Waals surface area contributed by atoms with Crippen LogP contribution in [0.15, 0.2) is 18.2 Å². The van der Waals surface area contributed by atoms with E-state index in [1.165, 1.54) is 11.3 Å². The molecule has 3 nitrogen and oxygen atoms in total. The van der Waals surface area contributed by atoms with Gasteiger partial charge in [-0.2, -0.15) is 0 Å². The Morgan fingerprint density at radius 2 is 2.33 bits per heavy atom. The number of nitrogen functional groups attached to an aromatic ring is 1. The van der Waals surface area contributed by atoms with Crippen molar-refractivity contribution in [1.29, 1.82) is 0 Å². The molecule has 2 rings (SSSR count). The number of fused-ring (bicyclic) bond motifs is 1. The number of nitrogens with two attached hydrogens (primary N) is 1. The highest BCUT2D eigenvalue weighted by Crippen LogP contribution is 2.34. The molecule has 2 N–H and O–H groups in total. The second kappa shape index (κ2) is 4.11. The highest BCUT2D eigenvalue weighted by molar-refractivity contribution is 5.74. The number of benzene rings is 1. The molecule has 1 aliphatic heterocycles. The molecule has 3 heteroatoms. The van der Waals surface area contributed by atoms with Gasteiger partial charge in [0.1, 0.15) is 0 Å². The fourth-order valence-corrected chi connectivity index (χ4v) is 2.29. The van der Waals surface area contributed by atoms with Crippen molar-refractivity contribution in [2.24, 2.45) is 0 Å². The number of methoxy groups -OCH3 is 1. The first-order valence-electron chi connectivity index (χ1n) is 5.37. The molecule has 1 aromatic rings. The van der Waals surface area contributed by atoms with E-state index in [-0.39, 0.29) is 0 Å². The van der Waals surface area contributed by atoms with Crippen LogP contribution in [0, 0.1) is 0 Å². The molecule has 0 bridgehead atoms. The lowest BCUT2D eigenvalue weighted by atomic mass is 10.1. The van der Waals surface area contributed by atoms with Crippen molar-refractivity contribution in [2.75, 3.05) is 30.9 Å². The zero-order valence-electron chi connectivity index (χ0n) is 9.36. The molecule has 1 unspecified atom stereocenters. The van der Waals surface area contributed by atoms with Crippen LogP contribution < -0.4 is 10.6 Å². The van der Waals surface area contributed by atoms with Crippen LogP contribution in [0.2, 0.25) is 0 Å². The predicted octanol–water partition coefficient (Wildman–Crippen LogP) is 1.67. The molecule has 1 aliphatic rings. The number of hydrogen-bond acceptors (Lipinski definition) is 3. The average molecular weight is 206 g/mol. The number of anilines is 2. The van der Waals surface area contributed by atoms with E-state index >= 15 is 0 Å². The van der Waals surface area contributed by atoms with E-state index in [9.17, 15) is 0 Å². The summed E-state index contributed by atoms with van der Waals surface area (Å²) < 4.78 is 5.19. The van der Waals surface area contributed by atoms with Gasteiger partial charge >= 0.3 is 0 Å². The molecule has 82 valence electrons. The quantitative estimate of drug-likeness (QED) is 0.764. The number of rotatable bonds is 3. The van der Waals surface area contributed by atoms with Crippen molar-refractivity contribution in [2.45, 2.75) is 19.4 Å². The Kier molecular flexibility index (Phi) is 2.82. The first-order chi connectivity index (χ1) is 7.24. The summed E-state index contributed by atoms with van der Waals surface area (Å²) in [5, 5.41) is 0. The molecule has 0 aliphatic carbocycles. The lowest BCUT2D eigenvalue weighted by Gasteiger charge is -2.27. The molecule has 0 saturated carbocycles. The molecule has 0 fully saturated rings. The van der Waals surface area contributed by atoms with Gasteiger partial charge in [0.15, 0.2) is 0 Å². The first-order valence-corrected chi connectivity index (χ1v) is 5.37. The molecule has 0 radical (unpaired) electrons. The van der Waals surface area contributed by atoms with Gasteiger partial charge in [-0.05, 0) is 25.0 Å². The van der Waals surface area contributed by atoms with Gasteiger partial charge in [0.05, 0.1) is 18.0 Å². The smallest absolute Gasteiger partial charge is 0.0663 e. The maximum Gasteiger partial charge on any atom is 0.0663 e. The maximum atomic E-state index is 6.01. The molecule has 1 atom stereocenters. The van der Waals surface area contributed by atoms with Crippen LogP contribution in [0.5, 0.6) is 0 Å². The summed E-state index contributed by atoms with van der Waals surface area (Å²) in [4.78, 5) is 2.34. The van der Waals surface area contributed by atoms with E-state index < -0.39 is 0 Å². The molecule has 0 amide bonds. The molecule has 0 spiro atoms. The van der Waals surface area contributed by atoms with Crippen LogP contribution in [-0.2, 0) is 11.2 Å². The molecule has 0 saturated heterocycles. The van der Waals surface area contributed by atoms with Gasteiger partial charge in [0, 0.05) is 19.7 Å². The third kappa shape index (κ3) is 1.79. The monoisotopic (exact) mass is 206 g/mol. The molecular formula is C12H18N2O. The zero-order valence-corrected chi connectivity index (χ0v) is 9.36. The Labute approximate surface area is 90.8 Å². The largest absolute Gasteiger partial charge is 0.397 e. The zero-order chi connectivity index (χ0) is 10.8. The Hall–Kier alpha value is -1.22. The van der Waals surface area contributed by atoms with Crippen molar-refractivity contribution in [3.63, 3.8) is 0 Å². The summed E-state index contributed by atoms with van der Waals surface area (Å²) in [6.45, 7) is 3.97.